The summed E-state index contributed by atoms with van der Waals surface area (Å²) in [7, 11) is 0. The van der Waals surface area contributed by atoms with Crippen LogP contribution in [-0.4, -0.2) is 23.0 Å². The number of carbonyl (C=O) groups excluding carboxylic acids is 2. The molecule has 0 spiro atoms. The van der Waals surface area contributed by atoms with Crippen molar-refractivity contribution in [2.75, 3.05) is 5.32 Å². The molecule has 1 heterocycles. The molecule has 0 fully saturated rings. The highest BCUT2D eigenvalue weighted by Gasteiger charge is 2.16. The summed E-state index contributed by atoms with van der Waals surface area (Å²) >= 11 is 5.66. The Labute approximate surface area is 110 Å². The Morgan fingerprint density at radius 3 is 2.78 bits per heavy atom. The second kappa shape index (κ2) is 6.76. The van der Waals surface area contributed by atoms with Crippen LogP contribution < -0.4 is 5.32 Å². The molecule has 18 heavy (non-hydrogen) atoms. The smallest absolute Gasteiger partial charge is 0.331 e. The van der Waals surface area contributed by atoms with Gasteiger partial charge in [-0.1, -0.05) is 17.7 Å². The average molecular weight is 269 g/mol. The maximum Gasteiger partial charge on any atom is 0.331 e. The fourth-order valence-corrected chi connectivity index (χ4v) is 1.19. The van der Waals surface area contributed by atoms with Gasteiger partial charge in [-0.05, 0) is 26.0 Å². The molecule has 1 atom stereocenters. The number of carbonyl (C=O) groups is 2. The second-order valence-electron chi connectivity index (χ2n) is 3.43. The van der Waals surface area contributed by atoms with Gasteiger partial charge < -0.3 is 10.1 Å². The van der Waals surface area contributed by atoms with Gasteiger partial charge in [-0.3, -0.25) is 4.79 Å². The van der Waals surface area contributed by atoms with Crippen LogP contribution in [-0.2, 0) is 14.3 Å². The van der Waals surface area contributed by atoms with Crippen LogP contribution in [0, 0.1) is 0 Å². The van der Waals surface area contributed by atoms with Gasteiger partial charge in [0.15, 0.2) is 6.10 Å². The lowest BCUT2D eigenvalue weighted by Crippen LogP contribution is -2.29. The summed E-state index contributed by atoms with van der Waals surface area (Å²) in [4.78, 5) is 26.7. The number of hydrogen-bond acceptors (Lipinski definition) is 4. The van der Waals surface area contributed by atoms with Gasteiger partial charge in [0.1, 0.15) is 5.82 Å². The van der Waals surface area contributed by atoms with Crippen LogP contribution in [0.1, 0.15) is 13.8 Å². The zero-order valence-corrected chi connectivity index (χ0v) is 10.8. The number of anilines is 1. The Morgan fingerprint density at radius 2 is 2.22 bits per heavy atom. The van der Waals surface area contributed by atoms with Gasteiger partial charge in [0.05, 0.1) is 5.02 Å². The van der Waals surface area contributed by atoms with Crippen molar-refractivity contribution < 1.29 is 14.3 Å². The minimum absolute atomic E-state index is 0.346. The minimum atomic E-state index is -0.897. The Morgan fingerprint density at radius 1 is 1.50 bits per heavy atom. The van der Waals surface area contributed by atoms with E-state index in [0.29, 0.717) is 10.8 Å². The second-order valence-corrected chi connectivity index (χ2v) is 3.87. The number of amides is 1. The molecule has 5 nitrogen and oxygen atoms in total. The van der Waals surface area contributed by atoms with Crippen LogP contribution >= 0.6 is 11.6 Å². The summed E-state index contributed by atoms with van der Waals surface area (Å²) in [5, 5.41) is 2.98. The number of esters is 1. The zero-order valence-electron chi connectivity index (χ0n) is 10.0. The third kappa shape index (κ3) is 4.55. The van der Waals surface area contributed by atoms with E-state index in [1.165, 1.54) is 25.3 Å². The summed E-state index contributed by atoms with van der Waals surface area (Å²) < 4.78 is 4.86. The molecule has 0 aliphatic heterocycles. The van der Waals surface area contributed by atoms with E-state index in [2.05, 4.69) is 10.3 Å². The topological polar surface area (TPSA) is 68.3 Å². The fraction of sp³-hybridized carbons (Fsp3) is 0.250. The first-order valence-corrected chi connectivity index (χ1v) is 5.66. The van der Waals surface area contributed by atoms with Crippen LogP contribution in [0.3, 0.4) is 0 Å². The molecular formula is C12H13ClN2O3. The molecule has 6 heteroatoms. The lowest BCUT2D eigenvalue weighted by Gasteiger charge is -2.11. The third-order valence-electron chi connectivity index (χ3n) is 1.94. The first-order chi connectivity index (χ1) is 8.52. The first kappa shape index (κ1) is 14.2. The van der Waals surface area contributed by atoms with E-state index in [0.717, 1.165) is 0 Å². The Bertz CT molecular complexity index is 457. The monoisotopic (exact) mass is 268 g/mol. The van der Waals surface area contributed by atoms with E-state index in [4.69, 9.17) is 16.3 Å². The first-order valence-electron chi connectivity index (χ1n) is 5.28. The predicted octanol–water partition coefficient (Wildman–Crippen LogP) is 2.18. The number of hydrogen-bond donors (Lipinski definition) is 1. The van der Waals surface area contributed by atoms with Gasteiger partial charge in [-0.2, -0.15) is 0 Å². The lowest BCUT2D eigenvalue weighted by atomic mass is 10.3. The molecule has 0 aliphatic rings. The summed E-state index contributed by atoms with van der Waals surface area (Å²) in [5.74, 6) is -0.676. The SMILES string of the molecule is C/C=C/C(=O)O[C@@H](C)C(=O)Nc1ccc(Cl)cn1. The zero-order chi connectivity index (χ0) is 13.5. The average Bonchev–Trinajstić information content (AvgIpc) is 2.32. The van der Waals surface area contributed by atoms with Gasteiger partial charge >= 0.3 is 5.97 Å². The number of ether oxygens (including phenoxy) is 1. The summed E-state index contributed by atoms with van der Waals surface area (Å²) in [5.41, 5.74) is 0. The molecule has 0 saturated carbocycles. The van der Waals surface area contributed by atoms with Gasteiger partial charge in [0, 0.05) is 12.3 Å². The number of allylic oxidation sites excluding steroid dienone is 1. The molecule has 0 aliphatic carbocycles. The Hall–Kier alpha value is -1.88. The summed E-state index contributed by atoms with van der Waals surface area (Å²) in [6, 6.07) is 3.15. The lowest BCUT2D eigenvalue weighted by molar-refractivity contribution is -0.148. The van der Waals surface area contributed by atoms with E-state index in [9.17, 15) is 9.59 Å². The summed E-state index contributed by atoms with van der Waals surface area (Å²) in [6.07, 6.45) is 3.29. The van der Waals surface area contributed by atoms with E-state index in [1.54, 1.807) is 19.1 Å². The van der Waals surface area contributed by atoms with E-state index in [-0.39, 0.29) is 0 Å². The van der Waals surface area contributed by atoms with Crippen LogP contribution in [0.4, 0.5) is 5.82 Å². The van der Waals surface area contributed by atoms with Gasteiger partial charge in [0.25, 0.3) is 5.91 Å². The van der Waals surface area contributed by atoms with Crippen LogP contribution in [0.2, 0.25) is 5.02 Å². The molecule has 0 unspecified atom stereocenters. The van der Waals surface area contributed by atoms with Crippen molar-refractivity contribution in [3.63, 3.8) is 0 Å². The molecule has 1 amide bonds. The summed E-state index contributed by atoms with van der Waals surface area (Å²) in [6.45, 7) is 3.16. The number of aromatic nitrogens is 1. The number of pyridine rings is 1. The largest absolute Gasteiger partial charge is 0.449 e. The molecule has 0 saturated heterocycles. The highest BCUT2D eigenvalue weighted by Crippen LogP contribution is 2.10. The molecule has 0 aromatic carbocycles. The van der Waals surface area contributed by atoms with Crippen molar-refractivity contribution >= 4 is 29.3 Å². The third-order valence-corrected chi connectivity index (χ3v) is 2.17. The molecule has 1 rings (SSSR count). The molecule has 0 radical (unpaired) electrons. The van der Waals surface area contributed by atoms with Crippen molar-refractivity contribution in [3.8, 4) is 0 Å². The van der Waals surface area contributed by atoms with Crippen molar-refractivity contribution in [1.82, 2.24) is 4.98 Å². The molecule has 0 bridgehead atoms. The predicted molar refractivity (Wildman–Crippen MR) is 68.2 cm³/mol. The molecular weight excluding hydrogens is 256 g/mol. The van der Waals surface area contributed by atoms with E-state index >= 15 is 0 Å². The fourth-order valence-electron chi connectivity index (χ4n) is 1.08. The van der Waals surface area contributed by atoms with Gasteiger partial charge in [-0.25, -0.2) is 9.78 Å². The number of rotatable bonds is 4. The maximum atomic E-state index is 11.7. The Kier molecular flexibility index (Phi) is 5.32. The van der Waals surface area contributed by atoms with Gasteiger partial charge in [0.2, 0.25) is 0 Å². The number of nitrogens with one attached hydrogen (secondary N) is 1. The van der Waals surface area contributed by atoms with E-state index in [1.807, 2.05) is 0 Å². The van der Waals surface area contributed by atoms with Crippen LogP contribution in [0.15, 0.2) is 30.5 Å². The highest BCUT2D eigenvalue weighted by molar-refractivity contribution is 6.30. The van der Waals surface area contributed by atoms with Crippen molar-refractivity contribution in [2.45, 2.75) is 20.0 Å². The van der Waals surface area contributed by atoms with Gasteiger partial charge in [-0.15, -0.1) is 0 Å². The molecule has 1 aromatic rings. The highest BCUT2D eigenvalue weighted by atomic mass is 35.5. The molecule has 1 aromatic heterocycles. The number of halogens is 1. The van der Waals surface area contributed by atoms with Crippen LogP contribution in [0.25, 0.3) is 0 Å². The maximum absolute atomic E-state index is 11.7. The van der Waals surface area contributed by atoms with E-state index < -0.39 is 18.0 Å². The van der Waals surface area contributed by atoms with Crippen molar-refractivity contribution in [1.29, 1.82) is 0 Å². The quantitative estimate of drug-likeness (QED) is 0.671. The normalized spacial score (nSPS) is 12.2. The molecule has 1 N–H and O–H groups in total. The standard InChI is InChI=1S/C12H13ClN2O3/c1-3-4-11(16)18-8(2)12(17)15-10-6-5-9(13)7-14-10/h3-8H,1-2H3,(H,14,15,17)/b4-3+/t8-/m0/s1. The number of nitrogens with zero attached hydrogens (tertiary/aromatic N) is 1. The van der Waals surface area contributed by atoms with Crippen molar-refractivity contribution in [2.24, 2.45) is 0 Å². The van der Waals surface area contributed by atoms with Crippen molar-refractivity contribution in [3.05, 3.63) is 35.5 Å². The Balaban J connectivity index is 2.54. The van der Waals surface area contributed by atoms with Crippen LogP contribution in [0.5, 0.6) is 0 Å². The minimum Gasteiger partial charge on any atom is -0.449 e. The molecule has 96 valence electrons.